The molecular formula is C16H27N3O2. The number of nitrogens with zero attached hydrogens (tertiary/aromatic N) is 3. The van der Waals surface area contributed by atoms with E-state index in [1.807, 2.05) is 11.1 Å². The van der Waals surface area contributed by atoms with Crippen molar-refractivity contribution in [3.8, 4) is 0 Å². The molecule has 21 heavy (non-hydrogen) atoms. The zero-order valence-corrected chi connectivity index (χ0v) is 12.9. The third kappa shape index (κ3) is 4.30. The number of carbonyl (C=O) groups is 1. The highest BCUT2D eigenvalue weighted by atomic mass is 16.3. The Morgan fingerprint density at radius 1 is 1.52 bits per heavy atom. The minimum absolute atomic E-state index is 0.212. The molecule has 0 aromatic carbocycles. The predicted molar refractivity (Wildman–Crippen MR) is 81.8 cm³/mol. The van der Waals surface area contributed by atoms with E-state index in [9.17, 15) is 4.79 Å². The van der Waals surface area contributed by atoms with Crippen LogP contribution in [-0.2, 0) is 4.79 Å². The second kappa shape index (κ2) is 8.17. The van der Waals surface area contributed by atoms with E-state index in [-0.39, 0.29) is 18.6 Å². The topological polar surface area (TPSA) is 58.4 Å². The Balaban J connectivity index is 1.94. The number of aliphatic hydroxyl groups excluding tert-OH is 1. The molecule has 1 aromatic rings. The van der Waals surface area contributed by atoms with Gasteiger partial charge in [0.2, 0.25) is 5.91 Å². The Bertz CT molecular complexity index is 419. The van der Waals surface area contributed by atoms with Crippen LogP contribution in [-0.4, -0.2) is 44.7 Å². The van der Waals surface area contributed by atoms with Gasteiger partial charge in [-0.25, -0.2) is 4.98 Å². The molecule has 1 aromatic heterocycles. The van der Waals surface area contributed by atoms with Crippen LogP contribution in [0.25, 0.3) is 0 Å². The van der Waals surface area contributed by atoms with Gasteiger partial charge in [-0.2, -0.15) is 0 Å². The van der Waals surface area contributed by atoms with Gasteiger partial charge in [0, 0.05) is 44.0 Å². The maximum atomic E-state index is 12.6. The smallest absolute Gasteiger partial charge is 0.224 e. The van der Waals surface area contributed by atoms with E-state index in [2.05, 4.69) is 16.5 Å². The molecule has 5 nitrogen and oxygen atoms in total. The van der Waals surface area contributed by atoms with E-state index in [1.54, 1.807) is 12.5 Å². The van der Waals surface area contributed by atoms with Crippen molar-refractivity contribution in [2.24, 2.45) is 0 Å². The van der Waals surface area contributed by atoms with Crippen molar-refractivity contribution < 1.29 is 9.90 Å². The average Bonchev–Trinajstić information content (AvgIpc) is 3.15. The highest BCUT2D eigenvalue weighted by Crippen LogP contribution is 2.25. The third-order valence-electron chi connectivity index (χ3n) is 4.37. The minimum atomic E-state index is 0.212. The lowest BCUT2D eigenvalue weighted by Gasteiger charge is -2.27. The summed E-state index contributed by atoms with van der Waals surface area (Å²) >= 11 is 0. The van der Waals surface area contributed by atoms with Crippen LogP contribution < -0.4 is 0 Å². The standard InChI is InChI=1S/C16H27N3O2/c1-2-5-15(18-10-8-17-13-18)12-16(21)19-9-3-6-14(19)7-4-11-20/h8,10,13-15,20H,2-7,9,11-12H2,1H3. The van der Waals surface area contributed by atoms with Gasteiger partial charge in [-0.1, -0.05) is 13.3 Å². The van der Waals surface area contributed by atoms with Crippen molar-refractivity contribution in [1.29, 1.82) is 0 Å². The summed E-state index contributed by atoms with van der Waals surface area (Å²) in [7, 11) is 0. The summed E-state index contributed by atoms with van der Waals surface area (Å²) < 4.78 is 2.06. The van der Waals surface area contributed by atoms with Gasteiger partial charge in [0.25, 0.3) is 0 Å². The van der Waals surface area contributed by atoms with E-state index in [1.165, 1.54) is 0 Å². The van der Waals surface area contributed by atoms with Crippen molar-refractivity contribution in [2.75, 3.05) is 13.2 Å². The second-order valence-electron chi connectivity index (χ2n) is 5.91. The summed E-state index contributed by atoms with van der Waals surface area (Å²) in [6, 6.07) is 0.541. The lowest BCUT2D eigenvalue weighted by molar-refractivity contribution is -0.133. The Hall–Kier alpha value is -1.36. The molecule has 2 heterocycles. The summed E-state index contributed by atoms with van der Waals surface area (Å²) in [5.41, 5.74) is 0. The van der Waals surface area contributed by atoms with Crippen LogP contribution in [0.5, 0.6) is 0 Å². The van der Waals surface area contributed by atoms with Gasteiger partial charge in [-0.3, -0.25) is 4.79 Å². The number of hydrogen-bond acceptors (Lipinski definition) is 3. The van der Waals surface area contributed by atoms with Gasteiger partial charge in [0.15, 0.2) is 0 Å². The van der Waals surface area contributed by atoms with Crippen molar-refractivity contribution >= 4 is 5.91 Å². The monoisotopic (exact) mass is 293 g/mol. The van der Waals surface area contributed by atoms with Gasteiger partial charge >= 0.3 is 0 Å². The summed E-state index contributed by atoms with van der Waals surface area (Å²) in [6.45, 7) is 3.23. The Morgan fingerprint density at radius 3 is 3.05 bits per heavy atom. The second-order valence-corrected chi connectivity index (χ2v) is 5.91. The molecule has 1 aliphatic heterocycles. The number of hydrogen-bond donors (Lipinski definition) is 1. The number of imidazole rings is 1. The number of carbonyl (C=O) groups excluding carboxylic acids is 1. The quantitative estimate of drug-likeness (QED) is 0.800. The number of aliphatic hydroxyl groups is 1. The number of likely N-dealkylation sites (tertiary alicyclic amines) is 1. The lowest BCUT2D eigenvalue weighted by Crippen LogP contribution is -2.36. The van der Waals surface area contributed by atoms with Crippen molar-refractivity contribution in [2.45, 2.75) is 64.0 Å². The van der Waals surface area contributed by atoms with Crippen LogP contribution in [0.4, 0.5) is 0 Å². The maximum Gasteiger partial charge on any atom is 0.224 e. The molecule has 0 saturated carbocycles. The molecule has 0 bridgehead atoms. The Kier molecular flexibility index (Phi) is 6.23. The first-order chi connectivity index (χ1) is 10.3. The SMILES string of the molecule is CCCC(CC(=O)N1CCCC1CCCO)n1ccnc1. The zero-order chi connectivity index (χ0) is 15.1. The van der Waals surface area contributed by atoms with Gasteiger partial charge in [-0.15, -0.1) is 0 Å². The first-order valence-electron chi connectivity index (χ1n) is 8.14. The Labute approximate surface area is 127 Å². The molecule has 0 radical (unpaired) electrons. The van der Waals surface area contributed by atoms with E-state index in [4.69, 9.17) is 5.11 Å². The maximum absolute atomic E-state index is 12.6. The van der Waals surface area contributed by atoms with Crippen LogP contribution >= 0.6 is 0 Å². The fraction of sp³-hybridized carbons (Fsp3) is 0.750. The molecule has 2 atom stereocenters. The molecule has 0 spiro atoms. The van der Waals surface area contributed by atoms with Crippen LogP contribution in [0, 0.1) is 0 Å². The molecule has 1 saturated heterocycles. The molecule has 2 unspecified atom stereocenters. The number of amides is 1. The molecule has 1 fully saturated rings. The Morgan fingerprint density at radius 2 is 2.38 bits per heavy atom. The van der Waals surface area contributed by atoms with Crippen LogP contribution in [0.1, 0.15) is 57.9 Å². The van der Waals surface area contributed by atoms with Crippen LogP contribution in [0.15, 0.2) is 18.7 Å². The predicted octanol–water partition coefficient (Wildman–Crippen LogP) is 2.38. The zero-order valence-electron chi connectivity index (χ0n) is 12.9. The lowest BCUT2D eigenvalue weighted by atomic mass is 10.1. The summed E-state index contributed by atoms with van der Waals surface area (Å²) in [6.07, 6.45) is 12.0. The molecule has 5 heteroatoms. The largest absolute Gasteiger partial charge is 0.396 e. The van der Waals surface area contributed by atoms with Crippen molar-refractivity contribution in [1.82, 2.24) is 14.5 Å². The van der Waals surface area contributed by atoms with E-state index >= 15 is 0 Å². The van der Waals surface area contributed by atoms with Gasteiger partial charge < -0.3 is 14.6 Å². The normalized spacial score (nSPS) is 19.9. The highest BCUT2D eigenvalue weighted by molar-refractivity contribution is 5.77. The first-order valence-corrected chi connectivity index (χ1v) is 8.14. The van der Waals surface area contributed by atoms with Crippen molar-refractivity contribution in [3.05, 3.63) is 18.7 Å². The number of aromatic nitrogens is 2. The molecule has 2 rings (SSSR count). The van der Waals surface area contributed by atoms with E-state index in [0.717, 1.165) is 45.1 Å². The van der Waals surface area contributed by atoms with Crippen LogP contribution in [0.3, 0.4) is 0 Å². The number of rotatable bonds is 8. The van der Waals surface area contributed by atoms with E-state index < -0.39 is 0 Å². The molecule has 1 aliphatic rings. The van der Waals surface area contributed by atoms with Gasteiger partial charge in [-0.05, 0) is 32.1 Å². The molecule has 1 amide bonds. The van der Waals surface area contributed by atoms with Crippen LogP contribution in [0.2, 0.25) is 0 Å². The third-order valence-corrected chi connectivity index (χ3v) is 4.37. The molecule has 0 aliphatic carbocycles. The van der Waals surface area contributed by atoms with Gasteiger partial charge in [0.05, 0.1) is 6.33 Å². The summed E-state index contributed by atoms with van der Waals surface area (Å²) in [5.74, 6) is 0.252. The summed E-state index contributed by atoms with van der Waals surface area (Å²) in [5, 5.41) is 8.98. The summed E-state index contributed by atoms with van der Waals surface area (Å²) in [4.78, 5) is 18.8. The fourth-order valence-corrected chi connectivity index (χ4v) is 3.29. The molecular weight excluding hydrogens is 266 g/mol. The fourth-order valence-electron chi connectivity index (χ4n) is 3.29. The average molecular weight is 293 g/mol. The highest BCUT2D eigenvalue weighted by Gasteiger charge is 2.29. The molecule has 118 valence electrons. The molecule has 1 N–H and O–H groups in total. The minimum Gasteiger partial charge on any atom is -0.396 e. The first kappa shape index (κ1) is 16.0. The van der Waals surface area contributed by atoms with Gasteiger partial charge in [0.1, 0.15) is 0 Å². The van der Waals surface area contributed by atoms with E-state index in [0.29, 0.717) is 12.5 Å². The van der Waals surface area contributed by atoms with Crippen molar-refractivity contribution in [3.63, 3.8) is 0 Å².